The molecule has 0 aromatic heterocycles. The average molecular weight is 660 g/mol. The Labute approximate surface area is 282 Å². The number of carboxylic acid groups (broad SMARTS) is 3. The minimum atomic E-state index is -0.956. The molecule has 6 atom stereocenters. The van der Waals surface area contributed by atoms with Crippen LogP contribution in [0.5, 0.6) is 0 Å². The Morgan fingerprint density at radius 1 is 0.435 bits per heavy atom. The van der Waals surface area contributed by atoms with Gasteiger partial charge in [0.1, 0.15) is 0 Å². The number of hydrogen-bond donors (Lipinski definition) is 0. The molecule has 3 aliphatic carbocycles. The molecule has 3 fully saturated rings. The van der Waals surface area contributed by atoms with Crippen LogP contribution in [0.3, 0.4) is 0 Å². The van der Waals surface area contributed by atoms with Gasteiger partial charge in [-0.2, -0.15) is 0 Å². The molecule has 6 rings (SSSR count). The number of benzene rings is 3. The largest absolute Gasteiger partial charge is 3.00 e. The van der Waals surface area contributed by atoms with E-state index in [4.69, 9.17) is 0 Å². The van der Waals surface area contributed by atoms with Gasteiger partial charge in [0.05, 0.1) is 0 Å². The van der Waals surface area contributed by atoms with Gasteiger partial charge in [-0.3, -0.25) is 0 Å². The third kappa shape index (κ3) is 9.41. The van der Waals surface area contributed by atoms with Gasteiger partial charge in [-0.15, -0.1) is 0 Å². The van der Waals surface area contributed by atoms with Gasteiger partial charge < -0.3 is 29.7 Å². The summed E-state index contributed by atoms with van der Waals surface area (Å²) in [5.74, 6) is -3.94. The van der Waals surface area contributed by atoms with Crippen LogP contribution in [0.4, 0.5) is 0 Å². The van der Waals surface area contributed by atoms with Crippen molar-refractivity contribution < 1.29 is 46.8 Å². The van der Waals surface area contributed by atoms with Crippen LogP contribution in [0, 0.1) is 17.8 Å². The number of carbonyl (C=O) groups is 3. The first-order valence-corrected chi connectivity index (χ1v) is 15.3. The second-order valence-electron chi connectivity index (χ2n) is 12.3. The second-order valence-corrected chi connectivity index (χ2v) is 12.3. The first-order valence-electron chi connectivity index (χ1n) is 15.3. The van der Waals surface area contributed by atoms with Crippen molar-refractivity contribution in [2.75, 3.05) is 0 Å². The van der Waals surface area contributed by atoms with Crippen LogP contribution < -0.4 is 15.3 Å². The van der Waals surface area contributed by atoms with E-state index in [1.807, 2.05) is 91.0 Å². The molecule has 46 heavy (non-hydrogen) atoms. The van der Waals surface area contributed by atoms with Gasteiger partial charge in [-0.05, 0) is 73.0 Å². The molecule has 6 nitrogen and oxygen atoms in total. The van der Waals surface area contributed by atoms with Crippen molar-refractivity contribution in [2.45, 2.75) is 56.3 Å². The predicted molar refractivity (Wildman–Crippen MR) is 168 cm³/mol. The summed E-state index contributed by atoms with van der Waals surface area (Å²) in [7, 11) is 0. The first-order chi connectivity index (χ1) is 21.5. The fourth-order valence-corrected chi connectivity index (χ4v) is 6.86. The molecule has 3 saturated carbocycles. The van der Waals surface area contributed by atoms with Crippen LogP contribution in [0.25, 0.3) is 0 Å². The van der Waals surface area contributed by atoms with Gasteiger partial charge >= 0.3 is 17.1 Å². The average Bonchev–Trinajstić information content (AvgIpc) is 3.75. The summed E-state index contributed by atoms with van der Waals surface area (Å²) < 4.78 is 0. The zero-order valence-corrected chi connectivity index (χ0v) is 26.9. The molecule has 0 heterocycles. The Kier molecular flexibility index (Phi) is 13.4. The zero-order chi connectivity index (χ0) is 32.5. The van der Waals surface area contributed by atoms with E-state index in [1.165, 1.54) is 0 Å². The molecule has 7 heteroatoms. The van der Waals surface area contributed by atoms with Gasteiger partial charge in [0.2, 0.25) is 0 Å². The molecular formula is C39H39FeO6. The topological polar surface area (TPSA) is 120 Å². The molecule has 1 radical (unpaired) electrons. The Morgan fingerprint density at radius 3 is 0.848 bits per heavy atom. The number of rotatable bonds is 6. The Hall–Kier alpha value is -4.19. The van der Waals surface area contributed by atoms with Crippen LogP contribution in [0.15, 0.2) is 127 Å². The molecule has 0 bridgehead atoms. The van der Waals surface area contributed by atoms with Crippen molar-refractivity contribution in [3.05, 3.63) is 144 Å². The molecule has 3 unspecified atom stereocenters. The molecule has 3 aliphatic rings. The normalized spacial score (nSPS) is 24.9. The van der Waals surface area contributed by atoms with Crippen molar-refractivity contribution in [1.29, 1.82) is 0 Å². The number of aliphatic carboxylic acids is 3. The maximum Gasteiger partial charge on any atom is 3.00 e. The number of hydrogen-bond acceptors (Lipinski definition) is 6. The van der Waals surface area contributed by atoms with Gasteiger partial charge in [0.25, 0.3) is 0 Å². The fourth-order valence-electron chi connectivity index (χ4n) is 6.86. The molecule has 0 amide bonds. The van der Waals surface area contributed by atoms with Gasteiger partial charge in [0.15, 0.2) is 0 Å². The summed E-state index contributed by atoms with van der Waals surface area (Å²) in [6.07, 6.45) is 3.97. The van der Waals surface area contributed by atoms with Crippen LogP contribution in [-0.4, -0.2) is 17.9 Å². The van der Waals surface area contributed by atoms with Crippen molar-refractivity contribution in [3.63, 3.8) is 0 Å². The number of carboxylic acids is 3. The Morgan fingerprint density at radius 2 is 0.652 bits per heavy atom. The number of allylic oxidation sites excluding steroid dienone is 3. The minimum absolute atomic E-state index is 0. The molecule has 3 aromatic carbocycles. The van der Waals surface area contributed by atoms with E-state index < -0.39 is 35.7 Å². The third-order valence-electron chi connectivity index (χ3n) is 9.10. The smallest absolute Gasteiger partial charge is 0.550 e. The Balaban J connectivity index is 0.000000186. The van der Waals surface area contributed by atoms with E-state index in [-0.39, 0.29) is 34.8 Å². The maximum atomic E-state index is 11.0. The summed E-state index contributed by atoms with van der Waals surface area (Å²) in [6.45, 7) is 11.6. The monoisotopic (exact) mass is 659 g/mol. The Bertz CT molecular complexity index is 1330. The standard InChI is InChI=1S/3C13H14O2.Fe/c3*1-9-7-11(12(8-9)13(14)15)10-5-3-2-4-6-10;/h3*2-6,11-12H,1,7-8H2,(H,14,15);/q;;;+3/p-3/t3*11?,12-;/m000./s1. The summed E-state index contributed by atoms with van der Waals surface area (Å²) in [6, 6.07) is 29.2. The molecule has 0 spiro atoms. The van der Waals surface area contributed by atoms with Crippen molar-refractivity contribution in [1.82, 2.24) is 0 Å². The van der Waals surface area contributed by atoms with Gasteiger partial charge in [-0.1, -0.05) is 127 Å². The third-order valence-corrected chi connectivity index (χ3v) is 9.10. The molecule has 3 aromatic rings. The van der Waals surface area contributed by atoms with Crippen molar-refractivity contribution >= 4 is 17.9 Å². The molecule has 0 N–H and O–H groups in total. The quantitative estimate of drug-likeness (QED) is 0.285. The van der Waals surface area contributed by atoms with E-state index in [0.717, 1.165) is 52.7 Å². The van der Waals surface area contributed by atoms with Gasteiger partial charge in [0, 0.05) is 35.7 Å². The molecular weight excluding hydrogens is 620 g/mol. The van der Waals surface area contributed by atoms with E-state index in [0.29, 0.717) is 19.3 Å². The van der Waals surface area contributed by atoms with Gasteiger partial charge in [-0.25, -0.2) is 0 Å². The maximum absolute atomic E-state index is 11.0. The minimum Gasteiger partial charge on any atom is -0.550 e. The number of carbonyl (C=O) groups excluding carboxylic acids is 3. The second kappa shape index (κ2) is 16.9. The summed E-state index contributed by atoms with van der Waals surface area (Å²) in [5, 5.41) is 32.9. The van der Waals surface area contributed by atoms with E-state index >= 15 is 0 Å². The summed E-state index contributed by atoms with van der Waals surface area (Å²) in [5.41, 5.74) is 6.26. The predicted octanol–water partition coefficient (Wildman–Crippen LogP) is 4.46. The van der Waals surface area contributed by atoms with E-state index in [2.05, 4.69) is 19.7 Å². The molecule has 0 aliphatic heterocycles. The van der Waals surface area contributed by atoms with Crippen LogP contribution in [-0.2, 0) is 31.5 Å². The van der Waals surface area contributed by atoms with Crippen molar-refractivity contribution in [2.24, 2.45) is 17.8 Å². The van der Waals surface area contributed by atoms with E-state index in [9.17, 15) is 29.7 Å². The van der Waals surface area contributed by atoms with Crippen molar-refractivity contribution in [3.8, 4) is 0 Å². The molecule has 0 saturated heterocycles. The first kappa shape index (κ1) is 36.3. The summed E-state index contributed by atoms with van der Waals surface area (Å²) >= 11 is 0. The zero-order valence-electron chi connectivity index (χ0n) is 25.8. The molecule has 239 valence electrons. The van der Waals surface area contributed by atoms with E-state index in [1.54, 1.807) is 0 Å². The SMILES string of the molecule is C=C1CC(c2ccccc2)[C@@H](C(=O)[O-])C1.C=C1CC(c2ccccc2)[C@@H](C(=O)[O-])C1.C=C1CC(c2ccccc2)[C@@H](C(=O)[O-])C1.[Fe+3]. The fraction of sp³-hybridized carbons (Fsp3) is 0.308. The summed E-state index contributed by atoms with van der Waals surface area (Å²) in [4.78, 5) is 32.9. The van der Waals surface area contributed by atoms with Crippen LogP contribution in [0.2, 0.25) is 0 Å². The van der Waals surface area contributed by atoms with Crippen LogP contribution in [0.1, 0.15) is 73.0 Å². The van der Waals surface area contributed by atoms with Crippen LogP contribution >= 0.6 is 0 Å².